The summed E-state index contributed by atoms with van der Waals surface area (Å²) in [6.07, 6.45) is 7.69. The Kier molecular flexibility index (Phi) is 5.05. The van der Waals surface area contributed by atoms with Gasteiger partial charge in [0.25, 0.3) is 10.0 Å². The maximum Gasteiger partial charge on any atom is 0.262 e. The molecular formula is C19H25FN4O2S. The molecule has 1 aliphatic heterocycles. The minimum Gasteiger partial charge on any atom is -0.339 e. The normalized spacial score (nSPS) is 24.7. The van der Waals surface area contributed by atoms with Gasteiger partial charge in [0.15, 0.2) is 5.03 Å². The monoisotopic (exact) mass is 392 g/mol. The average Bonchev–Trinajstić information content (AvgIpc) is 3.37. The van der Waals surface area contributed by atoms with Crippen molar-refractivity contribution in [3.05, 3.63) is 48.2 Å². The number of sulfonamides is 1. The summed E-state index contributed by atoms with van der Waals surface area (Å²) in [6.45, 7) is 0.770. The lowest BCUT2D eigenvalue weighted by Crippen LogP contribution is -2.41. The molecule has 1 aromatic carbocycles. The van der Waals surface area contributed by atoms with E-state index in [4.69, 9.17) is 0 Å². The van der Waals surface area contributed by atoms with Gasteiger partial charge in [-0.25, -0.2) is 17.8 Å². The maximum atomic E-state index is 13.4. The smallest absolute Gasteiger partial charge is 0.262 e. The average molecular weight is 393 g/mol. The van der Waals surface area contributed by atoms with Crippen LogP contribution in [0.3, 0.4) is 0 Å². The number of halogens is 1. The molecular weight excluding hydrogens is 367 g/mol. The molecule has 2 fully saturated rings. The van der Waals surface area contributed by atoms with Gasteiger partial charge in [-0.15, -0.1) is 0 Å². The summed E-state index contributed by atoms with van der Waals surface area (Å²) in [7, 11) is -1.89. The van der Waals surface area contributed by atoms with Crippen molar-refractivity contribution in [2.45, 2.75) is 48.7 Å². The van der Waals surface area contributed by atoms with Gasteiger partial charge in [0.2, 0.25) is 0 Å². The van der Waals surface area contributed by atoms with E-state index in [-0.39, 0.29) is 22.8 Å². The molecule has 0 radical (unpaired) electrons. The van der Waals surface area contributed by atoms with Crippen LogP contribution in [0.2, 0.25) is 0 Å². The SMILES string of the molecule is Cn1cnc(S(=O)(=O)N2CC(NC3CCCC3)C(c3ccc(F)cc3)C2)c1. The van der Waals surface area contributed by atoms with Crippen LogP contribution in [0.25, 0.3) is 0 Å². The molecule has 27 heavy (non-hydrogen) atoms. The third-order valence-electron chi connectivity index (χ3n) is 5.67. The predicted molar refractivity (Wildman–Crippen MR) is 100 cm³/mol. The first-order chi connectivity index (χ1) is 12.9. The predicted octanol–water partition coefficient (Wildman–Crippen LogP) is 2.25. The second kappa shape index (κ2) is 7.33. The van der Waals surface area contributed by atoms with E-state index in [1.165, 1.54) is 41.8 Å². The van der Waals surface area contributed by atoms with Crippen molar-refractivity contribution in [3.63, 3.8) is 0 Å². The Hall–Kier alpha value is -1.77. The quantitative estimate of drug-likeness (QED) is 0.848. The van der Waals surface area contributed by atoms with E-state index in [1.54, 1.807) is 23.7 Å². The van der Waals surface area contributed by atoms with E-state index in [9.17, 15) is 12.8 Å². The molecule has 4 rings (SSSR count). The third-order valence-corrected chi connectivity index (χ3v) is 7.39. The maximum absolute atomic E-state index is 13.4. The summed E-state index contributed by atoms with van der Waals surface area (Å²) in [4.78, 5) is 4.03. The fraction of sp³-hybridized carbons (Fsp3) is 0.526. The number of imidazole rings is 1. The zero-order chi connectivity index (χ0) is 19.0. The molecule has 2 unspecified atom stereocenters. The largest absolute Gasteiger partial charge is 0.339 e. The number of hydrogen-bond acceptors (Lipinski definition) is 4. The molecule has 1 aromatic heterocycles. The third kappa shape index (κ3) is 3.79. The van der Waals surface area contributed by atoms with Crippen molar-refractivity contribution >= 4 is 10.0 Å². The molecule has 1 N–H and O–H groups in total. The fourth-order valence-electron chi connectivity index (χ4n) is 4.23. The standard InChI is InChI=1S/C19H25FN4O2S/c1-23-12-19(21-13-23)27(25,26)24-10-17(14-6-8-15(20)9-7-14)18(11-24)22-16-4-2-3-5-16/h6-9,12-13,16-18,22H,2-5,10-11H2,1H3. The summed E-state index contributed by atoms with van der Waals surface area (Å²) in [5.74, 6) is -0.292. The van der Waals surface area contributed by atoms with Crippen molar-refractivity contribution in [2.24, 2.45) is 7.05 Å². The molecule has 1 aliphatic carbocycles. The van der Waals surface area contributed by atoms with Crippen LogP contribution < -0.4 is 5.32 Å². The molecule has 2 heterocycles. The van der Waals surface area contributed by atoms with Crippen molar-refractivity contribution < 1.29 is 12.8 Å². The highest BCUT2D eigenvalue weighted by Crippen LogP contribution is 2.33. The van der Waals surface area contributed by atoms with E-state index in [0.29, 0.717) is 19.1 Å². The van der Waals surface area contributed by atoms with Crippen LogP contribution in [0.4, 0.5) is 4.39 Å². The molecule has 2 atom stereocenters. The second-order valence-electron chi connectivity index (χ2n) is 7.61. The van der Waals surface area contributed by atoms with Gasteiger partial charge in [-0.05, 0) is 30.5 Å². The van der Waals surface area contributed by atoms with Crippen molar-refractivity contribution in [1.29, 1.82) is 0 Å². The van der Waals surface area contributed by atoms with E-state index < -0.39 is 10.0 Å². The minimum atomic E-state index is -3.65. The van der Waals surface area contributed by atoms with Gasteiger partial charge in [0, 0.05) is 44.3 Å². The number of nitrogens with one attached hydrogen (secondary N) is 1. The Labute approximate surface area is 159 Å². The number of rotatable bonds is 5. The minimum absolute atomic E-state index is 0.00955. The van der Waals surface area contributed by atoms with Gasteiger partial charge < -0.3 is 9.88 Å². The second-order valence-corrected chi connectivity index (χ2v) is 9.50. The summed E-state index contributed by atoms with van der Waals surface area (Å²) in [5.41, 5.74) is 0.964. The molecule has 6 nitrogen and oxygen atoms in total. The van der Waals surface area contributed by atoms with Crippen LogP contribution >= 0.6 is 0 Å². The Morgan fingerprint density at radius 3 is 2.48 bits per heavy atom. The number of nitrogens with zero attached hydrogens (tertiary/aromatic N) is 3. The lowest BCUT2D eigenvalue weighted by Gasteiger charge is -2.24. The van der Waals surface area contributed by atoms with Gasteiger partial charge in [-0.2, -0.15) is 4.31 Å². The molecule has 2 aliphatic rings. The summed E-state index contributed by atoms with van der Waals surface area (Å²) < 4.78 is 42.5. The molecule has 0 amide bonds. The van der Waals surface area contributed by atoms with E-state index in [1.807, 2.05) is 0 Å². The lowest BCUT2D eigenvalue weighted by molar-refractivity contribution is 0.411. The van der Waals surface area contributed by atoms with Gasteiger partial charge >= 0.3 is 0 Å². The van der Waals surface area contributed by atoms with Crippen LogP contribution in [0.5, 0.6) is 0 Å². The molecule has 0 spiro atoms. The lowest BCUT2D eigenvalue weighted by atomic mass is 9.93. The first-order valence-electron chi connectivity index (χ1n) is 9.43. The molecule has 2 aromatic rings. The number of hydrogen-bond donors (Lipinski definition) is 1. The summed E-state index contributed by atoms with van der Waals surface area (Å²) in [5, 5.41) is 3.75. The molecule has 146 valence electrons. The highest BCUT2D eigenvalue weighted by molar-refractivity contribution is 7.89. The highest BCUT2D eigenvalue weighted by atomic mass is 32.2. The van der Waals surface area contributed by atoms with E-state index >= 15 is 0 Å². The fourth-order valence-corrected chi connectivity index (χ4v) is 5.69. The van der Waals surface area contributed by atoms with Crippen LogP contribution in [-0.2, 0) is 17.1 Å². The molecule has 8 heteroatoms. The van der Waals surface area contributed by atoms with Gasteiger partial charge in [-0.1, -0.05) is 25.0 Å². The number of benzene rings is 1. The highest BCUT2D eigenvalue weighted by Gasteiger charge is 2.41. The Morgan fingerprint density at radius 1 is 1.15 bits per heavy atom. The number of aryl methyl sites for hydroxylation is 1. The van der Waals surface area contributed by atoms with Gasteiger partial charge in [0.1, 0.15) is 5.82 Å². The van der Waals surface area contributed by atoms with E-state index in [2.05, 4.69) is 10.3 Å². The first kappa shape index (κ1) is 18.6. The van der Waals surface area contributed by atoms with Crippen LogP contribution in [0.15, 0.2) is 41.8 Å². The van der Waals surface area contributed by atoms with Crippen LogP contribution in [-0.4, -0.2) is 47.4 Å². The molecule has 0 bridgehead atoms. The first-order valence-corrected chi connectivity index (χ1v) is 10.9. The summed E-state index contributed by atoms with van der Waals surface area (Å²) in [6, 6.07) is 6.85. The zero-order valence-electron chi connectivity index (χ0n) is 15.4. The van der Waals surface area contributed by atoms with Crippen molar-refractivity contribution in [3.8, 4) is 0 Å². The van der Waals surface area contributed by atoms with Crippen molar-refractivity contribution in [1.82, 2.24) is 19.2 Å². The molecule has 1 saturated carbocycles. The van der Waals surface area contributed by atoms with Crippen molar-refractivity contribution in [2.75, 3.05) is 13.1 Å². The van der Waals surface area contributed by atoms with Crippen LogP contribution in [0, 0.1) is 5.82 Å². The Morgan fingerprint density at radius 2 is 1.85 bits per heavy atom. The molecule has 1 saturated heterocycles. The van der Waals surface area contributed by atoms with E-state index in [0.717, 1.165) is 18.4 Å². The van der Waals surface area contributed by atoms with Gasteiger partial charge in [-0.3, -0.25) is 0 Å². The van der Waals surface area contributed by atoms with Crippen LogP contribution in [0.1, 0.15) is 37.2 Å². The Balaban J connectivity index is 1.60. The Bertz CT molecular complexity index is 891. The topological polar surface area (TPSA) is 67.2 Å². The number of aromatic nitrogens is 2. The van der Waals surface area contributed by atoms with Gasteiger partial charge in [0.05, 0.1) is 6.33 Å². The zero-order valence-corrected chi connectivity index (χ0v) is 16.2. The summed E-state index contributed by atoms with van der Waals surface area (Å²) >= 11 is 0.